The molecule has 152 valence electrons. The third-order valence-corrected chi connectivity index (χ3v) is 4.78. The molecule has 1 fully saturated rings. The number of morpholine rings is 1. The third-order valence-electron chi connectivity index (χ3n) is 4.78. The number of benzene rings is 1. The molecule has 0 amide bonds. The number of aromatic nitrogens is 4. The van der Waals surface area contributed by atoms with E-state index >= 15 is 0 Å². The molecule has 29 heavy (non-hydrogen) atoms. The zero-order valence-corrected chi connectivity index (χ0v) is 15.7. The number of aryl methyl sites for hydroxylation is 2. The Bertz CT molecular complexity index is 1080. The van der Waals surface area contributed by atoms with E-state index in [-0.39, 0.29) is 22.4 Å². The highest BCUT2D eigenvalue weighted by Crippen LogP contribution is 2.34. The predicted molar refractivity (Wildman–Crippen MR) is 98.0 cm³/mol. The van der Waals surface area contributed by atoms with Crippen LogP contribution in [-0.2, 0) is 10.9 Å². The van der Waals surface area contributed by atoms with Crippen LogP contribution in [0.3, 0.4) is 0 Å². The molecule has 0 aliphatic carbocycles. The number of hydrogen-bond acceptors (Lipinski definition) is 6. The number of alkyl halides is 3. The van der Waals surface area contributed by atoms with Crippen LogP contribution in [0.2, 0.25) is 0 Å². The summed E-state index contributed by atoms with van der Waals surface area (Å²) in [6, 6.07) is 2.36. The maximum absolute atomic E-state index is 14.7. The van der Waals surface area contributed by atoms with Gasteiger partial charge >= 0.3 is 6.18 Å². The van der Waals surface area contributed by atoms with Gasteiger partial charge in [0.1, 0.15) is 17.0 Å². The predicted octanol–water partition coefficient (Wildman–Crippen LogP) is 3.70. The molecule has 0 spiro atoms. The Morgan fingerprint density at radius 1 is 0.966 bits per heavy atom. The Labute approximate surface area is 163 Å². The molecule has 2 aromatic heterocycles. The van der Waals surface area contributed by atoms with Crippen molar-refractivity contribution in [1.29, 1.82) is 0 Å². The largest absolute Gasteiger partial charge is 0.416 e. The van der Waals surface area contributed by atoms with E-state index in [0.29, 0.717) is 49.7 Å². The lowest BCUT2D eigenvalue weighted by Crippen LogP contribution is -2.37. The van der Waals surface area contributed by atoms with Gasteiger partial charge in [0.25, 0.3) is 0 Å². The van der Waals surface area contributed by atoms with Crippen LogP contribution >= 0.6 is 0 Å². The van der Waals surface area contributed by atoms with Gasteiger partial charge in [0.2, 0.25) is 5.95 Å². The Hall–Kier alpha value is -2.88. The molecule has 0 saturated carbocycles. The number of nitrogens with zero attached hydrogens (tertiary/aromatic N) is 5. The van der Waals surface area contributed by atoms with Crippen molar-refractivity contribution >= 4 is 17.1 Å². The van der Waals surface area contributed by atoms with Crippen LogP contribution in [0.4, 0.5) is 23.5 Å². The highest BCUT2D eigenvalue weighted by molar-refractivity contribution is 5.88. The molecule has 1 aliphatic rings. The summed E-state index contributed by atoms with van der Waals surface area (Å²) in [6.45, 7) is 5.58. The van der Waals surface area contributed by atoms with E-state index in [0.717, 1.165) is 12.1 Å². The molecule has 0 N–H and O–H groups in total. The highest BCUT2D eigenvalue weighted by Gasteiger charge is 2.32. The van der Waals surface area contributed by atoms with Crippen LogP contribution in [0.25, 0.3) is 22.4 Å². The van der Waals surface area contributed by atoms with Crippen LogP contribution in [0.1, 0.15) is 17.0 Å². The topological polar surface area (TPSA) is 64.0 Å². The minimum Gasteiger partial charge on any atom is -0.378 e. The number of anilines is 1. The number of fused-ring (bicyclic) bond motifs is 1. The van der Waals surface area contributed by atoms with Gasteiger partial charge in [-0.3, -0.25) is 0 Å². The molecule has 0 atom stereocenters. The van der Waals surface area contributed by atoms with Crippen molar-refractivity contribution in [3.8, 4) is 11.3 Å². The Morgan fingerprint density at radius 2 is 1.66 bits per heavy atom. The van der Waals surface area contributed by atoms with Gasteiger partial charge in [0.15, 0.2) is 5.65 Å². The van der Waals surface area contributed by atoms with E-state index in [1.807, 2.05) is 4.90 Å². The van der Waals surface area contributed by atoms with E-state index in [1.54, 1.807) is 13.8 Å². The smallest absolute Gasteiger partial charge is 0.378 e. The molecule has 4 rings (SSSR count). The monoisotopic (exact) mass is 407 g/mol. The van der Waals surface area contributed by atoms with Gasteiger partial charge in [0.05, 0.1) is 30.2 Å². The standard InChI is InChI=1S/C19H17F4N5O/c1-10-11(2)25-17-16(24-10)15(26-18(27-17)28-5-7-29-8-6-28)13-4-3-12(9-14(13)20)19(21,22)23/h3-4,9H,5-8H2,1-2H3. The molecule has 1 saturated heterocycles. The first-order chi connectivity index (χ1) is 13.7. The van der Waals surface area contributed by atoms with E-state index in [2.05, 4.69) is 19.9 Å². The van der Waals surface area contributed by atoms with Gasteiger partial charge in [-0.2, -0.15) is 18.2 Å². The second-order valence-corrected chi connectivity index (χ2v) is 6.73. The van der Waals surface area contributed by atoms with E-state index in [4.69, 9.17) is 4.74 Å². The molecule has 3 aromatic rings. The summed E-state index contributed by atoms with van der Waals surface area (Å²) in [5.74, 6) is -0.722. The SMILES string of the molecule is Cc1nc2nc(N3CCOCC3)nc(-c3ccc(C(F)(F)F)cc3F)c2nc1C. The summed E-state index contributed by atoms with van der Waals surface area (Å²) in [6.07, 6.45) is -4.64. The molecular formula is C19H17F4N5O. The summed E-state index contributed by atoms with van der Waals surface area (Å²) in [4.78, 5) is 19.6. The Balaban J connectivity index is 1.93. The van der Waals surface area contributed by atoms with Crippen molar-refractivity contribution in [3.63, 3.8) is 0 Å². The van der Waals surface area contributed by atoms with E-state index in [9.17, 15) is 17.6 Å². The highest BCUT2D eigenvalue weighted by atomic mass is 19.4. The average molecular weight is 407 g/mol. The van der Waals surface area contributed by atoms with E-state index in [1.165, 1.54) is 0 Å². The van der Waals surface area contributed by atoms with Crippen LogP contribution in [-0.4, -0.2) is 46.2 Å². The molecule has 1 aromatic carbocycles. The molecule has 6 nitrogen and oxygen atoms in total. The number of rotatable bonds is 2. The molecular weight excluding hydrogens is 390 g/mol. The first-order valence-corrected chi connectivity index (χ1v) is 8.97. The lowest BCUT2D eigenvalue weighted by atomic mass is 10.1. The van der Waals surface area contributed by atoms with Crippen molar-refractivity contribution < 1.29 is 22.3 Å². The second-order valence-electron chi connectivity index (χ2n) is 6.73. The van der Waals surface area contributed by atoms with Crippen LogP contribution in [0.5, 0.6) is 0 Å². The zero-order chi connectivity index (χ0) is 20.8. The molecule has 0 unspecified atom stereocenters. The molecule has 1 aliphatic heterocycles. The summed E-state index contributed by atoms with van der Waals surface area (Å²) in [7, 11) is 0. The van der Waals surface area contributed by atoms with Gasteiger partial charge in [-0.15, -0.1) is 0 Å². The lowest BCUT2D eigenvalue weighted by Gasteiger charge is -2.27. The quantitative estimate of drug-likeness (QED) is 0.604. The van der Waals surface area contributed by atoms with E-state index < -0.39 is 17.6 Å². The number of ether oxygens (including phenoxy) is 1. The lowest BCUT2D eigenvalue weighted by molar-refractivity contribution is -0.137. The first-order valence-electron chi connectivity index (χ1n) is 8.97. The molecule has 0 bridgehead atoms. The van der Waals surface area contributed by atoms with Crippen molar-refractivity contribution in [2.75, 3.05) is 31.2 Å². The maximum atomic E-state index is 14.7. The fourth-order valence-electron chi connectivity index (χ4n) is 3.08. The second kappa shape index (κ2) is 7.18. The van der Waals surface area contributed by atoms with Crippen LogP contribution in [0, 0.1) is 19.7 Å². The fourth-order valence-corrected chi connectivity index (χ4v) is 3.08. The maximum Gasteiger partial charge on any atom is 0.416 e. The third kappa shape index (κ3) is 3.71. The van der Waals surface area contributed by atoms with Crippen molar-refractivity contribution in [1.82, 2.24) is 19.9 Å². The van der Waals surface area contributed by atoms with Crippen LogP contribution in [0.15, 0.2) is 18.2 Å². The molecule has 0 radical (unpaired) electrons. The fraction of sp³-hybridized carbons (Fsp3) is 0.368. The minimum atomic E-state index is -4.64. The number of hydrogen-bond donors (Lipinski definition) is 0. The van der Waals surface area contributed by atoms with Gasteiger partial charge in [0, 0.05) is 18.7 Å². The van der Waals surface area contributed by atoms with Gasteiger partial charge in [-0.05, 0) is 32.0 Å². The summed E-state index contributed by atoms with van der Waals surface area (Å²) in [5, 5.41) is 0. The summed E-state index contributed by atoms with van der Waals surface area (Å²) in [5.41, 5.74) is 0.721. The Kier molecular flexibility index (Phi) is 4.81. The van der Waals surface area contributed by atoms with Gasteiger partial charge in [-0.25, -0.2) is 19.3 Å². The summed E-state index contributed by atoms with van der Waals surface area (Å²) < 4.78 is 58.8. The normalized spacial score (nSPS) is 15.2. The number of halogens is 4. The summed E-state index contributed by atoms with van der Waals surface area (Å²) >= 11 is 0. The molecule has 10 heteroatoms. The van der Waals surface area contributed by atoms with Crippen molar-refractivity contribution in [2.24, 2.45) is 0 Å². The van der Waals surface area contributed by atoms with Crippen LogP contribution < -0.4 is 4.90 Å². The Morgan fingerprint density at radius 3 is 2.31 bits per heavy atom. The van der Waals surface area contributed by atoms with Crippen molar-refractivity contribution in [3.05, 3.63) is 41.0 Å². The molecule has 3 heterocycles. The van der Waals surface area contributed by atoms with Crippen molar-refractivity contribution in [2.45, 2.75) is 20.0 Å². The first kappa shape index (κ1) is 19.4. The zero-order valence-electron chi connectivity index (χ0n) is 15.7. The van der Waals surface area contributed by atoms with Gasteiger partial charge < -0.3 is 9.64 Å². The average Bonchev–Trinajstić information content (AvgIpc) is 2.68. The minimum absolute atomic E-state index is 0.0857. The van der Waals surface area contributed by atoms with Gasteiger partial charge in [-0.1, -0.05) is 0 Å².